The molecule has 2 aromatic rings. The quantitative estimate of drug-likeness (QED) is 0.884. The predicted molar refractivity (Wildman–Crippen MR) is 70.2 cm³/mol. The van der Waals surface area contributed by atoms with Crippen molar-refractivity contribution in [1.82, 2.24) is 15.3 Å². The monoisotopic (exact) mass is 245 g/mol. The minimum atomic E-state index is 0.593. The molecule has 0 amide bonds. The van der Waals surface area contributed by atoms with Crippen molar-refractivity contribution in [3.8, 4) is 10.6 Å². The number of hydrogen-bond acceptors (Lipinski definition) is 4. The summed E-state index contributed by atoms with van der Waals surface area (Å²) in [7, 11) is 0. The summed E-state index contributed by atoms with van der Waals surface area (Å²) < 4.78 is 0. The lowest BCUT2D eigenvalue weighted by Gasteiger charge is -2.20. The Kier molecular flexibility index (Phi) is 3.16. The van der Waals surface area contributed by atoms with Crippen molar-refractivity contribution in [2.75, 3.05) is 13.1 Å². The molecule has 0 spiro atoms. The second-order valence-corrected chi connectivity index (χ2v) is 5.21. The third kappa shape index (κ3) is 2.37. The van der Waals surface area contributed by atoms with E-state index in [0.29, 0.717) is 5.92 Å². The van der Waals surface area contributed by atoms with Gasteiger partial charge >= 0.3 is 0 Å². The van der Waals surface area contributed by atoms with Gasteiger partial charge in [-0.15, -0.1) is 11.3 Å². The van der Waals surface area contributed by atoms with Crippen LogP contribution in [0.1, 0.15) is 24.5 Å². The van der Waals surface area contributed by atoms with Crippen molar-refractivity contribution in [2.45, 2.75) is 18.8 Å². The van der Waals surface area contributed by atoms with Crippen LogP contribution in [0.25, 0.3) is 10.6 Å². The van der Waals surface area contributed by atoms with Crippen LogP contribution in [0.3, 0.4) is 0 Å². The highest BCUT2D eigenvalue weighted by Gasteiger charge is 2.18. The molecule has 1 atom stereocenters. The second-order valence-electron chi connectivity index (χ2n) is 4.36. The fourth-order valence-electron chi connectivity index (χ4n) is 2.21. The normalized spacial score (nSPS) is 20.4. The van der Waals surface area contributed by atoms with E-state index in [0.717, 1.165) is 18.1 Å². The number of hydrogen-bond donors (Lipinski definition) is 1. The minimum absolute atomic E-state index is 0.593. The molecular formula is C13H15N3S. The molecule has 0 radical (unpaired) electrons. The molecule has 17 heavy (non-hydrogen) atoms. The second kappa shape index (κ2) is 4.94. The van der Waals surface area contributed by atoms with Crippen molar-refractivity contribution in [2.24, 2.45) is 0 Å². The molecule has 3 rings (SSSR count). The molecule has 1 aliphatic heterocycles. The summed E-state index contributed by atoms with van der Waals surface area (Å²) in [5.41, 5.74) is 2.41. The Morgan fingerprint density at radius 1 is 1.29 bits per heavy atom. The van der Waals surface area contributed by atoms with E-state index in [2.05, 4.69) is 15.7 Å². The van der Waals surface area contributed by atoms with Crippen LogP contribution in [0.4, 0.5) is 0 Å². The highest BCUT2D eigenvalue weighted by molar-refractivity contribution is 7.13. The summed E-state index contributed by atoms with van der Waals surface area (Å²) >= 11 is 1.73. The lowest BCUT2D eigenvalue weighted by Crippen LogP contribution is -2.28. The van der Waals surface area contributed by atoms with Crippen LogP contribution in [0.2, 0.25) is 0 Å². The van der Waals surface area contributed by atoms with Crippen LogP contribution in [0, 0.1) is 0 Å². The number of thiazole rings is 1. The smallest absolute Gasteiger partial charge is 0.123 e. The van der Waals surface area contributed by atoms with Crippen LogP contribution in [0.15, 0.2) is 29.9 Å². The van der Waals surface area contributed by atoms with Gasteiger partial charge in [0.25, 0.3) is 0 Å². The van der Waals surface area contributed by atoms with Crippen molar-refractivity contribution in [3.63, 3.8) is 0 Å². The number of aromatic nitrogens is 2. The molecule has 4 heteroatoms. The SMILES string of the molecule is c1cc(-c2nc(C3CCCNC3)cs2)ccn1. The summed E-state index contributed by atoms with van der Waals surface area (Å²) in [5.74, 6) is 0.593. The largest absolute Gasteiger partial charge is 0.316 e. The van der Waals surface area contributed by atoms with Gasteiger partial charge in [0.2, 0.25) is 0 Å². The molecule has 0 bridgehead atoms. The Morgan fingerprint density at radius 2 is 2.18 bits per heavy atom. The summed E-state index contributed by atoms with van der Waals surface area (Å²) in [4.78, 5) is 8.79. The Bertz CT molecular complexity index is 474. The summed E-state index contributed by atoms with van der Waals surface area (Å²) in [6.45, 7) is 2.22. The number of piperidine rings is 1. The molecule has 2 aromatic heterocycles. The van der Waals surface area contributed by atoms with Crippen LogP contribution in [-0.4, -0.2) is 23.1 Å². The van der Waals surface area contributed by atoms with Crippen LogP contribution in [-0.2, 0) is 0 Å². The van der Waals surface area contributed by atoms with Gasteiger partial charge in [-0.2, -0.15) is 0 Å². The Labute approximate surface area is 105 Å². The van der Waals surface area contributed by atoms with Gasteiger partial charge in [0.15, 0.2) is 0 Å². The average molecular weight is 245 g/mol. The summed E-state index contributed by atoms with van der Waals surface area (Å²) in [6, 6.07) is 4.03. The first kappa shape index (κ1) is 10.9. The summed E-state index contributed by atoms with van der Waals surface area (Å²) in [6.07, 6.45) is 6.15. The van der Waals surface area contributed by atoms with Crippen molar-refractivity contribution >= 4 is 11.3 Å². The van der Waals surface area contributed by atoms with Crippen molar-refractivity contribution in [1.29, 1.82) is 0 Å². The minimum Gasteiger partial charge on any atom is -0.316 e. The van der Waals surface area contributed by atoms with E-state index in [-0.39, 0.29) is 0 Å². The topological polar surface area (TPSA) is 37.8 Å². The van der Waals surface area contributed by atoms with Gasteiger partial charge in [-0.3, -0.25) is 4.98 Å². The molecule has 0 aliphatic carbocycles. The standard InChI is InChI=1S/C13H15N3S/c1-2-11(8-15-5-1)12-9-17-13(16-12)10-3-6-14-7-4-10/h3-4,6-7,9,11,15H,1-2,5,8H2. The molecule has 1 fully saturated rings. The highest BCUT2D eigenvalue weighted by atomic mass is 32.1. The third-order valence-electron chi connectivity index (χ3n) is 3.16. The first-order valence-electron chi connectivity index (χ1n) is 6.00. The third-order valence-corrected chi connectivity index (χ3v) is 4.07. The highest BCUT2D eigenvalue weighted by Crippen LogP contribution is 2.29. The number of nitrogens with zero attached hydrogens (tertiary/aromatic N) is 2. The number of pyridine rings is 1. The van der Waals surface area contributed by atoms with E-state index in [9.17, 15) is 0 Å². The van der Waals surface area contributed by atoms with Crippen molar-refractivity contribution in [3.05, 3.63) is 35.6 Å². The maximum atomic E-state index is 4.75. The molecule has 3 heterocycles. The molecule has 1 N–H and O–H groups in total. The van der Waals surface area contributed by atoms with Crippen LogP contribution >= 0.6 is 11.3 Å². The van der Waals surface area contributed by atoms with Gasteiger partial charge in [0, 0.05) is 35.8 Å². The zero-order valence-corrected chi connectivity index (χ0v) is 10.4. The maximum absolute atomic E-state index is 4.75. The first-order chi connectivity index (χ1) is 8.43. The molecule has 1 aliphatic rings. The molecule has 3 nitrogen and oxygen atoms in total. The zero-order valence-electron chi connectivity index (χ0n) is 9.60. The molecular weight excluding hydrogens is 230 g/mol. The van der Waals surface area contributed by atoms with Crippen molar-refractivity contribution < 1.29 is 0 Å². The van der Waals surface area contributed by atoms with Crippen LogP contribution < -0.4 is 5.32 Å². The summed E-state index contributed by atoms with van der Waals surface area (Å²) in [5, 5.41) is 6.74. The lowest BCUT2D eigenvalue weighted by atomic mass is 9.97. The molecule has 1 saturated heterocycles. The maximum Gasteiger partial charge on any atom is 0.123 e. The first-order valence-corrected chi connectivity index (χ1v) is 6.88. The van der Waals surface area contributed by atoms with E-state index in [1.54, 1.807) is 11.3 Å². The Balaban J connectivity index is 1.83. The van der Waals surface area contributed by atoms with E-state index in [1.807, 2.05) is 24.5 Å². The predicted octanol–water partition coefficient (Wildman–Crippen LogP) is 2.67. The number of nitrogens with one attached hydrogen (secondary N) is 1. The van der Waals surface area contributed by atoms with E-state index in [4.69, 9.17) is 4.98 Å². The van der Waals surface area contributed by atoms with Gasteiger partial charge in [0.1, 0.15) is 5.01 Å². The fourth-order valence-corrected chi connectivity index (χ4v) is 3.11. The van der Waals surface area contributed by atoms with E-state index < -0.39 is 0 Å². The van der Waals surface area contributed by atoms with Crippen LogP contribution in [0.5, 0.6) is 0 Å². The fraction of sp³-hybridized carbons (Fsp3) is 0.385. The lowest BCUT2D eigenvalue weighted by molar-refractivity contribution is 0.456. The van der Waals surface area contributed by atoms with Gasteiger partial charge < -0.3 is 5.32 Å². The molecule has 0 aromatic carbocycles. The average Bonchev–Trinajstić information content (AvgIpc) is 2.90. The Hall–Kier alpha value is -1.26. The number of rotatable bonds is 2. The zero-order chi connectivity index (χ0) is 11.5. The van der Waals surface area contributed by atoms with Gasteiger partial charge in [0.05, 0.1) is 5.69 Å². The molecule has 1 unspecified atom stereocenters. The van der Waals surface area contributed by atoms with E-state index >= 15 is 0 Å². The van der Waals surface area contributed by atoms with Gasteiger partial charge in [-0.05, 0) is 31.5 Å². The molecule has 0 saturated carbocycles. The van der Waals surface area contributed by atoms with Gasteiger partial charge in [-0.1, -0.05) is 0 Å². The molecule has 88 valence electrons. The Morgan fingerprint density at radius 3 is 2.94 bits per heavy atom. The van der Waals surface area contributed by atoms with Gasteiger partial charge in [-0.25, -0.2) is 4.98 Å². The van der Waals surface area contributed by atoms with E-state index in [1.165, 1.54) is 24.1 Å².